The van der Waals surface area contributed by atoms with E-state index in [1.54, 1.807) is 51.1 Å². The number of allylic oxidation sites excluding steroid dienone is 2. The standard InChI is InChI=1S/C45H69ClN6O8/c1-14-27(5)37-29(7)17-16-18-30(8)43(58)60-35(23-26(3)4)39(54)47-31(9)41(56)52(13)34(24-32-19-21-33(46)22-20-32)42(57)51(12)25-36(53)48-38(28(6)15-2)40(55)50-45(10,11)44(59)49-37/h14,18-22,26,28-29,31,34-35,37-38H,15-17,23-25H2,1-13H3,(H,47,54)(H,48,53)(H,49,59)(H,50,55)/b27-14+,30-18+/t28-,29+,31+,34-,35-,37-,38+/m1/s1. The molecule has 1 aromatic rings. The summed E-state index contributed by atoms with van der Waals surface area (Å²) in [4.78, 5) is 99.0. The molecule has 0 bridgehead atoms. The van der Waals surface area contributed by atoms with E-state index in [-0.39, 0.29) is 30.6 Å². The number of likely N-dealkylation sites (N-methyl/N-ethyl adjacent to an activating group) is 2. The first-order chi connectivity index (χ1) is 27.9. The van der Waals surface area contributed by atoms with Crippen LogP contribution in [0.4, 0.5) is 0 Å². The highest BCUT2D eigenvalue weighted by Gasteiger charge is 2.38. The normalized spacial score (nSPS) is 26.9. The van der Waals surface area contributed by atoms with Crippen LogP contribution in [0.5, 0.6) is 0 Å². The lowest BCUT2D eigenvalue weighted by Gasteiger charge is -2.34. The van der Waals surface area contributed by atoms with Gasteiger partial charge in [0.05, 0.1) is 12.6 Å². The van der Waals surface area contributed by atoms with Crippen LogP contribution in [0.3, 0.4) is 0 Å². The maximum atomic E-state index is 14.2. The fraction of sp³-hybridized carbons (Fsp3) is 0.622. The van der Waals surface area contributed by atoms with Crippen LogP contribution in [0.1, 0.15) is 107 Å². The van der Waals surface area contributed by atoms with Crippen molar-refractivity contribution in [2.24, 2.45) is 17.8 Å². The predicted octanol–water partition coefficient (Wildman–Crippen LogP) is 4.88. The molecule has 0 saturated heterocycles. The molecule has 2 rings (SSSR count). The third-order valence-electron chi connectivity index (χ3n) is 11.2. The Morgan fingerprint density at radius 3 is 2.13 bits per heavy atom. The van der Waals surface area contributed by atoms with Crippen molar-refractivity contribution in [2.75, 3.05) is 20.6 Å². The predicted molar refractivity (Wildman–Crippen MR) is 233 cm³/mol. The fourth-order valence-corrected chi connectivity index (χ4v) is 6.98. The molecule has 14 nitrogen and oxygen atoms in total. The first kappa shape index (κ1) is 51.4. The van der Waals surface area contributed by atoms with Crippen molar-refractivity contribution < 1.29 is 38.3 Å². The molecule has 0 saturated carbocycles. The Kier molecular flexibility index (Phi) is 20.0. The molecular weight excluding hydrogens is 788 g/mol. The van der Waals surface area contributed by atoms with Gasteiger partial charge in [-0.2, -0.15) is 0 Å². The molecule has 7 atom stereocenters. The molecule has 1 aliphatic rings. The third kappa shape index (κ3) is 15.1. The van der Waals surface area contributed by atoms with Crippen molar-refractivity contribution in [3.05, 3.63) is 58.1 Å². The minimum atomic E-state index is -1.39. The summed E-state index contributed by atoms with van der Waals surface area (Å²) < 4.78 is 5.73. The molecule has 0 unspecified atom stereocenters. The maximum Gasteiger partial charge on any atom is 0.334 e. The van der Waals surface area contributed by atoms with Gasteiger partial charge in [-0.25, -0.2) is 4.79 Å². The van der Waals surface area contributed by atoms with Gasteiger partial charge in [-0.3, -0.25) is 28.8 Å². The van der Waals surface area contributed by atoms with Gasteiger partial charge in [0.1, 0.15) is 23.7 Å². The van der Waals surface area contributed by atoms with Gasteiger partial charge in [-0.15, -0.1) is 0 Å². The van der Waals surface area contributed by atoms with E-state index in [9.17, 15) is 33.6 Å². The van der Waals surface area contributed by atoms with E-state index in [0.29, 0.717) is 35.4 Å². The van der Waals surface area contributed by atoms with E-state index in [1.165, 1.54) is 30.8 Å². The van der Waals surface area contributed by atoms with Crippen LogP contribution in [-0.2, 0) is 44.7 Å². The van der Waals surface area contributed by atoms with E-state index in [1.807, 2.05) is 54.5 Å². The van der Waals surface area contributed by atoms with Gasteiger partial charge in [0.2, 0.25) is 29.5 Å². The number of nitrogens with one attached hydrogen (secondary N) is 4. The smallest absolute Gasteiger partial charge is 0.334 e. The monoisotopic (exact) mass is 856 g/mol. The summed E-state index contributed by atoms with van der Waals surface area (Å²) in [6.07, 6.45) is 4.26. The summed E-state index contributed by atoms with van der Waals surface area (Å²) in [5, 5.41) is 11.9. The van der Waals surface area contributed by atoms with Gasteiger partial charge in [-0.1, -0.05) is 82.5 Å². The molecule has 1 aliphatic heterocycles. The van der Waals surface area contributed by atoms with Crippen molar-refractivity contribution in [3.63, 3.8) is 0 Å². The summed E-state index contributed by atoms with van der Waals surface area (Å²) in [7, 11) is 2.86. The Labute approximate surface area is 362 Å². The van der Waals surface area contributed by atoms with E-state index >= 15 is 0 Å². The molecule has 0 radical (unpaired) electrons. The molecule has 1 heterocycles. The second-order valence-corrected chi connectivity index (χ2v) is 17.7. The zero-order chi connectivity index (χ0) is 45.6. The van der Waals surface area contributed by atoms with Gasteiger partial charge in [0.25, 0.3) is 5.91 Å². The minimum Gasteiger partial charge on any atom is -0.449 e. The number of nitrogens with zero attached hydrogens (tertiary/aromatic N) is 2. The molecule has 60 heavy (non-hydrogen) atoms. The van der Waals surface area contributed by atoms with Gasteiger partial charge in [-0.05, 0) is 96.3 Å². The topological polar surface area (TPSA) is 183 Å². The Balaban J connectivity index is 2.64. The Morgan fingerprint density at radius 2 is 1.57 bits per heavy atom. The number of benzene rings is 1. The zero-order valence-electron chi connectivity index (χ0n) is 37.9. The molecule has 334 valence electrons. The van der Waals surface area contributed by atoms with Gasteiger partial charge in [0, 0.05) is 31.1 Å². The number of halogens is 1. The van der Waals surface area contributed by atoms with E-state index in [4.69, 9.17) is 16.3 Å². The molecule has 15 heteroatoms. The lowest BCUT2D eigenvalue weighted by atomic mass is 9.89. The van der Waals surface area contributed by atoms with Gasteiger partial charge < -0.3 is 35.8 Å². The van der Waals surface area contributed by atoms with Crippen LogP contribution < -0.4 is 21.3 Å². The van der Waals surface area contributed by atoms with Crippen molar-refractivity contribution >= 4 is 53.0 Å². The zero-order valence-corrected chi connectivity index (χ0v) is 38.6. The first-order valence-corrected chi connectivity index (χ1v) is 21.3. The lowest BCUT2D eigenvalue weighted by molar-refractivity contribution is -0.154. The van der Waals surface area contributed by atoms with Gasteiger partial charge >= 0.3 is 5.97 Å². The van der Waals surface area contributed by atoms with Crippen LogP contribution in [0, 0.1) is 17.8 Å². The maximum absolute atomic E-state index is 14.2. The number of cyclic esters (lactones) is 1. The molecule has 1 aromatic carbocycles. The molecule has 0 aliphatic carbocycles. The van der Waals surface area contributed by atoms with Crippen LogP contribution in [0.2, 0.25) is 5.02 Å². The fourth-order valence-electron chi connectivity index (χ4n) is 6.85. The lowest BCUT2D eigenvalue weighted by Crippen LogP contribution is -2.62. The Bertz CT molecular complexity index is 1760. The first-order valence-electron chi connectivity index (χ1n) is 20.9. The highest BCUT2D eigenvalue weighted by molar-refractivity contribution is 6.30. The number of hydrogen-bond donors (Lipinski definition) is 4. The quantitative estimate of drug-likeness (QED) is 0.221. The number of ether oxygens (including phenoxy) is 1. The van der Waals surface area contributed by atoms with E-state index in [2.05, 4.69) is 21.3 Å². The van der Waals surface area contributed by atoms with Gasteiger partial charge in [0.15, 0.2) is 6.10 Å². The van der Waals surface area contributed by atoms with Crippen molar-refractivity contribution in [3.8, 4) is 0 Å². The summed E-state index contributed by atoms with van der Waals surface area (Å²) in [6.45, 7) is 19.0. The number of esters is 1. The number of rotatable bonds is 7. The van der Waals surface area contributed by atoms with Crippen molar-refractivity contribution in [2.45, 2.75) is 144 Å². The molecule has 4 N–H and O–H groups in total. The number of carbonyl (C=O) groups is 7. The summed E-state index contributed by atoms with van der Waals surface area (Å²) in [5.41, 5.74) is 0.503. The van der Waals surface area contributed by atoms with Crippen LogP contribution in [-0.4, -0.2) is 108 Å². The van der Waals surface area contributed by atoms with Crippen molar-refractivity contribution in [1.82, 2.24) is 31.1 Å². The Hall–Kier alpha value is -4.72. The second kappa shape index (κ2) is 23.3. The van der Waals surface area contributed by atoms with Crippen LogP contribution in [0.25, 0.3) is 0 Å². The number of hydrogen-bond acceptors (Lipinski definition) is 8. The molecule has 0 fully saturated rings. The molecule has 0 spiro atoms. The summed E-state index contributed by atoms with van der Waals surface area (Å²) >= 11 is 6.13. The van der Waals surface area contributed by atoms with Crippen LogP contribution in [0.15, 0.2) is 47.6 Å². The number of amides is 6. The highest BCUT2D eigenvalue weighted by atomic mass is 35.5. The van der Waals surface area contributed by atoms with Crippen LogP contribution >= 0.6 is 11.6 Å². The second-order valence-electron chi connectivity index (χ2n) is 17.2. The molecular formula is C45H69ClN6O8. The molecule has 0 aromatic heterocycles. The highest BCUT2D eigenvalue weighted by Crippen LogP contribution is 2.22. The summed E-state index contributed by atoms with van der Waals surface area (Å²) in [5.74, 6) is -4.60. The number of carbonyl (C=O) groups excluding carboxylic acids is 7. The Morgan fingerprint density at radius 1 is 0.950 bits per heavy atom. The average Bonchev–Trinajstić information content (AvgIpc) is 3.18. The average molecular weight is 858 g/mol. The SMILES string of the molecule is C/C=C(\C)[C@H]1NC(=O)C(C)(C)NC(=O)[C@H]([C@H](C)CC)NC(=O)CN(C)C(=O)[C@@H](Cc2ccc(Cl)cc2)N(C)C(=O)[C@H](C)NC(=O)[C@@H](CC(C)C)OC(=O)/C(C)=C/CC[C@@H]1C. The van der Waals surface area contributed by atoms with E-state index in [0.717, 1.165) is 5.57 Å². The van der Waals surface area contributed by atoms with E-state index < -0.39 is 83.8 Å². The largest absolute Gasteiger partial charge is 0.449 e. The van der Waals surface area contributed by atoms with Crippen molar-refractivity contribution in [1.29, 1.82) is 0 Å². The summed E-state index contributed by atoms with van der Waals surface area (Å²) in [6, 6.07) is 3.07. The minimum absolute atomic E-state index is 0.0393. The third-order valence-corrected chi connectivity index (χ3v) is 11.4. The molecule has 6 amide bonds.